The molecule has 8 rings (SSSR count). The maximum Gasteiger partial charge on any atom is 0.173 e. The highest BCUT2D eigenvalue weighted by Gasteiger charge is 2.34. The third-order valence-electron chi connectivity index (χ3n) is 15.1. The molecule has 0 amide bonds. The number of hydrogen-bond donors (Lipinski definition) is 0. The van der Waals surface area contributed by atoms with Gasteiger partial charge >= 0.3 is 0 Å². The minimum absolute atomic E-state index is 0.0203. The Morgan fingerprint density at radius 1 is 0.278 bits per heavy atom. The molecule has 0 saturated heterocycles. The Hall–Kier alpha value is -1.40. The Morgan fingerprint density at radius 2 is 0.506 bits per heavy atom. The second kappa shape index (κ2) is 30.6. The van der Waals surface area contributed by atoms with Crippen LogP contribution in [-0.4, -0.2) is 42.8 Å². The van der Waals surface area contributed by atoms with Crippen molar-refractivity contribution in [3.8, 4) is 58.5 Å². The predicted molar refractivity (Wildman–Crippen MR) is 380 cm³/mol. The van der Waals surface area contributed by atoms with Crippen LogP contribution in [0.5, 0.6) is 0 Å². The van der Waals surface area contributed by atoms with Gasteiger partial charge in [0.05, 0.1) is 0 Å². The fourth-order valence-electron chi connectivity index (χ4n) is 11.2. The van der Waals surface area contributed by atoms with E-state index in [9.17, 15) is 0 Å². The summed E-state index contributed by atoms with van der Waals surface area (Å²) >= 11 is 15.8. The van der Waals surface area contributed by atoms with Crippen molar-refractivity contribution in [2.24, 2.45) is 0 Å². The molecule has 428 valence electrons. The van der Waals surface area contributed by atoms with E-state index in [1.807, 2.05) is 90.7 Å². The molecule has 8 aromatic rings. The molecule has 8 aromatic heterocycles. The molecule has 8 heterocycles. The molecule has 0 fully saturated rings. The fraction of sp³-hybridized carbons (Fsp3) is 0.500. The van der Waals surface area contributed by atoms with Gasteiger partial charge in [0.1, 0.15) is 0 Å². The van der Waals surface area contributed by atoms with Crippen molar-refractivity contribution in [2.45, 2.75) is 205 Å². The maximum atomic E-state index is 7.16. The molecular weight excluding hydrogens is 1200 g/mol. The van der Waals surface area contributed by atoms with Crippen molar-refractivity contribution in [2.75, 3.05) is 0 Å². The van der Waals surface area contributed by atoms with E-state index in [0.29, 0.717) is 0 Å². The average molecular weight is 1290 g/mol. The van der Waals surface area contributed by atoms with E-state index in [-0.39, 0.29) is 9.52 Å². The summed E-state index contributed by atoms with van der Waals surface area (Å²) < 4.78 is 14.3. The molecule has 0 radical (unpaired) electrons. The lowest BCUT2D eigenvalue weighted by Crippen LogP contribution is -2.44. The van der Waals surface area contributed by atoms with Crippen LogP contribution < -0.4 is 0 Å². The molecule has 79 heavy (non-hydrogen) atoms. The topological polar surface area (TPSA) is 18.5 Å². The minimum Gasteiger partial charge on any atom is -0.455 e. The van der Waals surface area contributed by atoms with Crippen molar-refractivity contribution in [1.29, 1.82) is 0 Å². The first-order valence-corrected chi connectivity index (χ1v) is 51.1. The normalized spacial score (nSPS) is 12.7. The van der Waals surface area contributed by atoms with Crippen LogP contribution in [0.25, 0.3) is 58.5 Å². The molecule has 0 unspecified atom stereocenters. The molecule has 0 atom stereocenters. The maximum absolute atomic E-state index is 7.16. The largest absolute Gasteiger partial charge is 0.455 e. The lowest BCUT2D eigenvalue weighted by atomic mass is 10.1. The average Bonchev–Trinajstić information content (AvgIpc) is 4.25. The molecule has 0 aliphatic carbocycles. The number of hydrogen-bond acceptors (Lipinski definition) is 10. The van der Waals surface area contributed by atoms with E-state index >= 15 is 0 Å². The summed E-state index contributed by atoms with van der Waals surface area (Å²) in [6, 6.07) is 45.7. The van der Waals surface area contributed by atoms with Gasteiger partial charge in [0.25, 0.3) is 0 Å². The van der Waals surface area contributed by atoms with Gasteiger partial charge in [-0.2, -0.15) is 0 Å². The Morgan fingerprint density at radius 3 is 0.772 bits per heavy atom. The van der Waals surface area contributed by atoms with E-state index in [0.717, 1.165) is 0 Å². The molecule has 0 bridgehead atoms. The Bertz CT molecular complexity index is 2840. The molecule has 0 saturated carbocycles. The monoisotopic (exact) mass is 1290 g/mol. The first kappa shape index (κ1) is 63.6. The van der Waals surface area contributed by atoms with E-state index < -0.39 is 33.3 Å². The van der Waals surface area contributed by atoms with Gasteiger partial charge < -0.3 is 8.23 Å². The highest BCUT2D eigenvalue weighted by molar-refractivity contribution is 7.29. The number of unbranched alkanes of at least 4 members (excludes halogenated alkanes) is 6. The van der Waals surface area contributed by atoms with Crippen LogP contribution >= 0.6 is 90.7 Å². The molecule has 15 heteroatoms. The van der Waals surface area contributed by atoms with Gasteiger partial charge in [0.2, 0.25) is 0 Å². The first-order chi connectivity index (χ1) is 37.9. The summed E-state index contributed by atoms with van der Waals surface area (Å²) in [5.74, 6) is 0. The zero-order valence-corrected chi connectivity index (χ0v) is 61.5. The first-order valence-electron chi connectivity index (χ1n) is 30.1. The van der Waals surface area contributed by atoms with Gasteiger partial charge in [0.15, 0.2) is 33.3 Å². The van der Waals surface area contributed by atoms with Crippen molar-refractivity contribution in [3.63, 3.8) is 0 Å². The van der Waals surface area contributed by atoms with Gasteiger partial charge in [0, 0.05) is 87.6 Å². The second-order valence-electron chi connectivity index (χ2n) is 24.6. The van der Waals surface area contributed by atoms with Crippen LogP contribution in [-0.2, 0) is 33.9 Å². The fourth-order valence-corrected chi connectivity index (χ4v) is 40.3. The van der Waals surface area contributed by atoms with Gasteiger partial charge in [-0.25, -0.2) is 0 Å². The van der Waals surface area contributed by atoms with Crippen molar-refractivity contribution < 1.29 is 8.23 Å². The number of rotatable bonds is 36. The highest BCUT2D eigenvalue weighted by atomic mass is 32.1. The van der Waals surface area contributed by atoms with Crippen LogP contribution in [0, 0.1) is 0 Å². The SMILES string of the molecule is CCCCCCc1ccc(-c2ccc(-c3ccc(-c4ccc(CCC[Si](C)(C)O[Si](C)(C)CCC[SiH2]CCC[Si](C)(C)O[Si](C)(C)CCCc5ccc(-c6ccc(-c7ccc(-c8ccc(CCCCCC)s8)s7)s6)s5)s4)s3)s2)s1. The Labute approximate surface area is 516 Å². The van der Waals surface area contributed by atoms with Gasteiger partial charge in [-0.3, -0.25) is 0 Å². The van der Waals surface area contributed by atoms with Crippen LogP contribution in [0.3, 0.4) is 0 Å². The highest BCUT2D eigenvalue weighted by Crippen LogP contribution is 2.45. The molecule has 0 aromatic carbocycles. The summed E-state index contributed by atoms with van der Waals surface area (Å²) in [7, 11) is -6.80. The van der Waals surface area contributed by atoms with Gasteiger partial charge in [-0.15, -0.1) is 90.7 Å². The van der Waals surface area contributed by atoms with E-state index in [2.05, 4.69) is 163 Å². The molecule has 0 N–H and O–H groups in total. The summed E-state index contributed by atoms with van der Waals surface area (Å²) in [5.41, 5.74) is 0. The smallest absolute Gasteiger partial charge is 0.173 e. The number of aryl methyl sites for hydroxylation is 4. The lowest BCUT2D eigenvalue weighted by molar-refractivity contribution is 0.531. The zero-order chi connectivity index (χ0) is 55.9. The third kappa shape index (κ3) is 20.4. The molecular formula is C64H92O2S8Si5. The molecule has 0 spiro atoms. The lowest BCUT2D eigenvalue weighted by Gasteiger charge is -2.34. The quantitative estimate of drug-likeness (QED) is 0.0288. The van der Waals surface area contributed by atoms with Crippen molar-refractivity contribution in [3.05, 3.63) is 117 Å². The number of thiophene rings is 8. The summed E-state index contributed by atoms with van der Waals surface area (Å²) in [4.78, 5) is 22.9. The summed E-state index contributed by atoms with van der Waals surface area (Å²) in [5, 5.41) is 0. The summed E-state index contributed by atoms with van der Waals surface area (Å²) in [6.07, 6.45) is 20.6. The molecule has 0 aliphatic rings. The second-order valence-corrected chi connectivity index (χ2v) is 53.4. The van der Waals surface area contributed by atoms with Crippen LogP contribution in [0.15, 0.2) is 97.1 Å². The standard InChI is InChI=1S/C64H92O2S8Si5/c1-11-13-15-17-23-49-27-31-53(67-49)57-35-39-61(71-57)63-41-37-59(73-63)55-33-29-51(69-55)25-19-45-76(3,4)65-78(7,8)47-21-43-75-44-22-48-79(9,10)66-77(5,6)46-20-26-52-30-34-56(70-52)60-38-42-64(74-60)62-40-36-58(72-62)54-32-28-50(68-54)24-18-16-14-12-2/h27-42H,11-26,43-48,75H2,1-10H3. The minimum atomic E-state index is -1.72. The summed E-state index contributed by atoms with van der Waals surface area (Å²) in [6.45, 7) is 24.5. The molecule has 0 aliphatic heterocycles. The van der Waals surface area contributed by atoms with E-state index in [4.69, 9.17) is 8.23 Å². The van der Waals surface area contributed by atoms with Gasteiger partial charge in [-0.1, -0.05) is 77.3 Å². The van der Waals surface area contributed by atoms with Crippen LogP contribution in [0.2, 0.25) is 88.6 Å². The van der Waals surface area contributed by atoms with Gasteiger partial charge in [-0.05, 0) is 225 Å². The van der Waals surface area contributed by atoms with E-state index in [1.54, 1.807) is 0 Å². The Kier molecular flexibility index (Phi) is 24.7. The Balaban J connectivity index is 0.672. The van der Waals surface area contributed by atoms with Crippen molar-refractivity contribution >= 4 is 133 Å². The molecule has 2 nitrogen and oxygen atoms in total. The predicted octanol–water partition coefficient (Wildman–Crippen LogP) is 24.6. The van der Waals surface area contributed by atoms with Crippen LogP contribution in [0.4, 0.5) is 0 Å². The third-order valence-corrected chi connectivity index (χ3v) is 42.3. The van der Waals surface area contributed by atoms with Crippen LogP contribution in [0.1, 0.15) is 110 Å². The zero-order valence-electron chi connectivity index (χ0n) is 49.6. The van der Waals surface area contributed by atoms with E-state index in [1.165, 1.54) is 217 Å². The van der Waals surface area contributed by atoms with Crippen molar-refractivity contribution in [1.82, 2.24) is 0 Å².